The van der Waals surface area contributed by atoms with Crippen molar-refractivity contribution in [3.8, 4) is 0 Å². The lowest BCUT2D eigenvalue weighted by molar-refractivity contribution is -0.0985. The zero-order valence-electron chi connectivity index (χ0n) is 13.8. The Bertz CT molecular complexity index is 748. The summed E-state index contributed by atoms with van der Waals surface area (Å²) < 4.78 is 13.3. The smallest absolute Gasteiger partial charge is 0.161 e. The Morgan fingerprint density at radius 3 is 2.71 bits per heavy atom. The minimum atomic E-state index is -0.332. The molecule has 1 aromatic heterocycles. The number of rotatable bonds is 5. The van der Waals surface area contributed by atoms with E-state index >= 15 is 0 Å². The molecule has 0 spiro atoms. The fourth-order valence-corrected chi connectivity index (χ4v) is 4.91. The molecule has 2 aromatic rings. The maximum absolute atomic E-state index is 11.3. The van der Waals surface area contributed by atoms with Crippen LogP contribution in [0.3, 0.4) is 0 Å². The molecule has 2 heterocycles. The van der Waals surface area contributed by atoms with Crippen LogP contribution in [-0.2, 0) is 15.1 Å². The third-order valence-electron chi connectivity index (χ3n) is 4.57. The van der Waals surface area contributed by atoms with Crippen molar-refractivity contribution in [2.45, 2.75) is 47.7 Å². The van der Waals surface area contributed by atoms with Crippen molar-refractivity contribution in [2.24, 2.45) is 5.92 Å². The van der Waals surface area contributed by atoms with Crippen LogP contribution in [0.5, 0.6) is 0 Å². The van der Waals surface area contributed by atoms with Gasteiger partial charge in [-0.1, -0.05) is 23.9 Å². The maximum atomic E-state index is 11.3. The Hall–Kier alpha value is -1.14. The predicted octanol–water partition coefficient (Wildman–Crippen LogP) is 5.10. The molecule has 0 N–H and O–H groups in total. The molecule has 5 heteroatoms. The van der Waals surface area contributed by atoms with Gasteiger partial charge >= 0.3 is 0 Å². The highest BCUT2D eigenvalue weighted by Crippen LogP contribution is 2.45. The second kappa shape index (κ2) is 6.30. The van der Waals surface area contributed by atoms with Gasteiger partial charge in [-0.25, -0.2) is 0 Å². The molecule has 0 radical (unpaired) electrons. The van der Waals surface area contributed by atoms with Crippen LogP contribution in [0.2, 0.25) is 0 Å². The average molecular weight is 361 g/mol. The van der Waals surface area contributed by atoms with Crippen LogP contribution in [-0.4, -0.2) is 18.7 Å². The quantitative estimate of drug-likeness (QED) is 0.695. The lowest BCUT2D eigenvalue weighted by Gasteiger charge is -2.21. The minimum absolute atomic E-state index is 0.0230. The molecule has 1 saturated heterocycles. The van der Waals surface area contributed by atoms with E-state index in [9.17, 15) is 4.79 Å². The van der Waals surface area contributed by atoms with E-state index in [0.29, 0.717) is 12.5 Å². The molecule has 0 amide bonds. The lowest BCUT2D eigenvalue weighted by atomic mass is 10.0. The number of carbonyl (C=O) groups is 1. The highest BCUT2D eigenvalue weighted by Gasteiger charge is 2.45. The van der Waals surface area contributed by atoms with Gasteiger partial charge < -0.3 is 9.47 Å². The van der Waals surface area contributed by atoms with E-state index in [0.717, 1.165) is 10.5 Å². The van der Waals surface area contributed by atoms with Crippen molar-refractivity contribution < 1.29 is 14.3 Å². The standard InChI is InChI=1S/C19H20O3S2/c1-12(20)13-5-7-16(8-6-13)24-17-9-15(10-23-17)19(2)11-21-18(22-19)14-3-4-14/h5-10,14,18H,3-4,11H2,1-2H3. The molecule has 3 nitrogen and oxygen atoms in total. The summed E-state index contributed by atoms with van der Waals surface area (Å²) >= 11 is 3.44. The first-order chi connectivity index (χ1) is 11.5. The predicted molar refractivity (Wildman–Crippen MR) is 95.8 cm³/mol. The number of hydrogen-bond donors (Lipinski definition) is 0. The van der Waals surface area contributed by atoms with E-state index in [4.69, 9.17) is 9.47 Å². The number of carbonyl (C=O) groups excluding carboxylic acids is 1. The summed E-state index contributed by atoms with van der Waals surface area (Å²) in [5, 5.41) is 2.17. The van der Waals surface area contributed by atoms with Crippen molar-refractivity contribution in [1.82, 2.24) is 0 Å². The molecule has 0 bridgehead atoms. The molecule has 126 valence electrons. The molecular weight excluding hydrogens is 340 g/mol. The first kappa shape index (κ1) is 16.3. The Kier molecular flexibility index (Phi) is 4.29. The van der Waals surface area contributed by atoms with E-state index in [2.05, 4.69) is 18.4 Å². The van der Waals surface area contributed by atoms with Crippen molar-refractivity contribution in [1.29, 1.82) is 0 Å². The van der Waals surface area contributed by atoms with Crippen LogP contribution in [0.1, 0.15) is 42.6 Å². The molecule has 2 fully saturated rings. The summed E-state index contributed by atoms with van der Waals surface area (Å²) in [5.41, 5.74) is 1.61. The topological polar surface area (TPSA) is 35.5 Å². The molecule has 1 aliphatic carbocycles. The third-order valence-corrected chi connectivity index (χ3v) is 6.66. The third kappa shape index (κ3) is 3.31. The van der Waals surface area contributed by atoms with Crippen molar-refractivity contribution in [2.75, 3.05) is 6.61 Å². The van der Waals surface area contributed by atoms with Crippen LogP contribution in [0.15, 0.2) is 44.8 Å². The van der Waals surface area contributed by atoms with E-state index in [-0.39, 0.29) is 17.7 Å². The van der Waals surface area contributed by atoms with Crippen LogP contribution < -0.4 is 0 Å². The van der Waals surface area contributed by atoms with E-state index in [1.54, 1.807) is 30.0 Å². The fourth-order valence-electron chi connectivity index (χ4n) is 2.84. The highest BCUT2D eigenvalue weighted by atomic mass is 32.2. The largest absolute Gasteiger partial charge is 0.349 e. The highest BCUT2D eigenvalue weighted by molar-refractivity contribution is 8.01. The second-order valence-corrected chi connectivity index (χ2v) is 8.99. The monoisotopic (exact) mass is 360 g/mol. The molecular formula is C19H20O3S2. The molecule has 2 unspecified atom stereocenters. The number of ketones is 1. The Labute approximate surface area is 150 Å². The molecule has 1 aromatic carbocycles. The first-order valence-electron chi connectivity index (χ1n) is 8.21. The summed E-state index contributed by atoms with van der Waals surface area (Å²) in [6.07, 6.45) is 2.42. The molecule has 24 heavy (non-hydrogen) atoms. The van der Waals surface area contributed by atoms with Crippen LogP contribution in [0, 0.1) is 5.92 Å². The summed E-state index contributed by atoms with van der Waals surface area (Å²) in [7, 11) is 0. The van der Waals surface area contributed by atoms with E-state index in [1.807, 2.05) is 24.3 Å². The van der Waals surface area contributed by atoms with Gasteiger partial charge in [0.2, 0.25) is 0 Å². The normalized spacial score (nSPS) is 26.7. The Balaban J connectivity index is 1.45. The average Bonchev–Trinajstić information content (AvgIpc) is 3.17. The van der Waals surface area contributed by atoms with E-state index in [1.165, 1.54) is 22.6 Å². The molecule has 1 aliphatic heterocycles. The molecule has 2 aliphatic rings. The summed E-state index contributed by atoms with van der Waals surface area (Å²) in [4.78, 5) is 12.5. The van der Waals surface area contributed by atoms with Gasteiger partial charge in [-0.05, 0) is 55.8 Å². The summed E-state index contributed by atoms with van der Waals surface area (Å²) in [6, 6.07) is 9.97. The Morgan fingerprint density at radius 2 is 2.04 bits per heavy atom. The number of thiophene rings is 1. The maximum Gasteiger partial charge on any atom is 0.161 e. The van der Waals surface area contributed by atoms with Gasteiger partial charge in [0.1, 0.15) is 5.60 Å². The van der Waals surface area contributed by atoms with Crippen LogP contribution in [0.4, 0.5) is 0 Å². The number of hydrogen-bond acceptors (Lipinski definition) is 5. The summed E-state index contributed by atoms with van der Waals surface area (Å²) in [6.45, 7) is 4.34. The van der Waals surface area contributed by atoms with Gasteiger partial charge in [-0.2, -0.15) is 0 Å². The number of Topliss-reactive ketones (excluding diaryl/α,β-unsaturated/α-hetero) is 1. The zero-order valence-corrected chi connectivity index (χ0v) is 15.4. The van der Waals surface area contributed by atoms with Gasteiger partial charge in [0.15, 0.2) is 12.1 Å². The number of ether oxygens (including phenoxy) is 2. The molecule has 4 rings (SSSR count). The summed E-state index contributed by atoms with van der Waals surface area (Å²) in [5.74, 6) is 0.695. The zero-order chi connectivity index (χ0) is 16.7. The van der Waals surface area contributed by atoms with Crippen molar-refractivity contribution in [3.05, 3.63) is 46.8 Å². The van der Waals surface area contributed by atoms with Gasteiger partial charge in [-0.3, -0.25) is 4.79 Å². The van der Waals surface area contributed by atoms with Crippen LogP contribution >= 0.6 is 23.1 Å². The van der Waals surface area contributed by atoms with Gasteiger partial charge in [-0.15, -0.1) is 11.3 Å². The van der Waals surface area contributed by atoms with Gasteiger partial charge in [0.25, 0.3) is 0 Å². The van der Waals surface area contributed by atoms with Gasteiger partial charge in [0, 0.05) is 16.4 Å². The molecule has 2 atom stereocenters. The number of benzene rings is 1. The van der Waals surface area contributed by atoms with E-state index < -0.39 is 0 Å². The fraction of sp³-hybridized carbons (Fsp3) is 0.421. The minimum Gasteiger partial charge on any atom is -0.349 e. The van der Waals surface area contributed by atoms with Gasteiger partial charge in [0.05, 0.1) is 10.8 Å². The lowest BCUT2D eigenvalue weighted by Crippen LogP contribution is -2.24. The molecule has 1 saturated carbocycles. The second-order valence-electron chi connectivity index (χ2n) is 6.70. The first-order valence-corrected chi connectivity index (χ1v) is 9.90. The Morgan fingerprint density at radius 1 is 1.29 bits per heavy atom. The van der Waals surface area contributed by atoms with Crippen LogP contribution in [0.25, 0.3) is 0 Å². The van der Waals surface area contributed by atoms with Crippen molar-refractivity contribution >= 4 is 28.9 Å². The van der Waals surface area contributed by atoms with Crippen molar-refractivity contribution in [3.63, 3.8) is 0 Å². The SMILES string of the molecule is CC(=O)c1ccc(Sc2cc(C3(C)COC(C4CC4)O3)cs2)cc1.